The first kappa shape index (κ1) is 18.1. The molecule has 0 aliphatic carbocycles. The van der Waals surface area contributed by atoms with Gasteiger partial charge in [0.05, 0.1) is 13.2 Å². The van der Waals surface area contributed by atoms with Crippen LogP contribution < -0.4 is 9.47 Å². The third-order valence-corrected chi connectivity index (χ3v) is 3.26. The van der Waals surface area contributed by atoms with Gasteiger partial charge in [0.2, 0.25) is 0 Å². The van der Waals surface area contributed by atoms with E-state index in [1.807, 2.05) is 0 Å². The lowest BCUT2D eigenvalue weighted by Gasteiger charge is -2.20. The minimum Gasteiger partial charge on any atom is -0.493 e. The molecule has 0 saturated heterocycles. The van der Waals surface area contributed by atoms with Crippen molar-refractivity contribution in [2.45, 2.75) is 37.9 Å². The zero-order valence-electron chi connectivity index (χ0n) is 12.6. The van der Waals surface area contributed by atoms with Crippen LogP contribution >= 0.6 is 0 Å². The molecule has 0 radical (unpaired) electrons. The summed E-state index contributed by atoms with van der Waals surface area (Å²) in [5.41, 5.74) is 0.427. The SMILES string of the molecule is COc1cc(C=O)ccc1OC(C=O)C(O)CCCCCO. The molecule has 2 atom stereocenters. The van der Waals surface area contributed by atoms with Gasteiger partial charge in [-0.3, -0.25) is 9.59 Å². The lowest BCUT2D eigenvalue weighted by molar-refractivity contribution is -0.118. The number of carbonyl (C=O) groups excluding carboxylic acids is 2. The molecule has 0 amide bonds. The zero-order valence-corrected chi connectivity index (χ0v) is 12.6. The number of methoxy groups -OCH3 is 1. The number of benzene rings is 1. The number of aldehydes is 2. The van der Waals surface area contributed by atoms with Crippen molar-refractivity contribution < 1.29 is 29.3 Å². The second kappa shape index (κ2) is 9.92. The lowest BCUT2D eigenvalue weighted by atomic mass is 10.1. The number of aliphatic hydroxyl groups is 2. The Hall–Kier alpha value is -1.92. The van der Waals surface area contributed by atoms with Crippen molar-refractivity contribution >= 4 is 12.6 Å². The fourth-order valence-corrected chi connectivity index (χ4v) is 2.00. The van der Waals surface area contributed by atoms with Gasteiger partial charge < -0.3 is 19.7 Å². The van der Waals surface area contributed by atoms with E-state index in [0.29, 0.717) is 48.9 Å². The van der Waals surface area contributed by atoms with Gasteiger partial charge in [0.15, 0.2) is 23.9 Å². The van der Waals surface area contributed by atoms with E-state index in [-0.39, 0.29) is 6.61 Å². The van der Waals surface area contributed by atoms with Crippen LogP contribution in [-0.4, -0.2) is 48.7 Å². The summed E-state index contributed by atoms with van der Waals surface area (Å²) in [6, 6.07) is 4.57. The highest BCUT2D eigenvalue weighted by Crippen LogP contribution is 2.29. The standard InChI is InChI=1S/C16H22O6/c1-21-15-9-12(10-18)6-7-14(15)22-16(11-19)13(20)5-3-2-4-8-17/h6-7,9-11,13,16-17,20H,2-5,8H2,1H3. The Balaban J connectivity index is 2.68. The Bertz CT molecular complexity index is 474. The molecule has 0 heterocycles. The van der Waals surface area contributed by atoms with Crippen LogP contribution in [-0.2, 0) is 4.79 Å². The van der Waals surface area contributed by atoms with Crippen LogP contribution in [0, 0.1) is 0 Å². The second-order valence-corrected chi connectivity index (χ2v) is 4.89. The van der Waals surface area contributed by atoms with Gasteiger partial charge in [0.1, 0.15) is 6.29 Å². The molecule has 0 aliphatic rings. The predicted molar refractivity (Wildman–Crippen MR) is 80.4 cm³/mol. The molecule has 2 unspecified atom stereocenters. The summed E-state index contributed by atoms with van der Waals surface area (Å²) in [5, 5.41) is 18.7. The Kier molecular flexibility index (Phi) is 8.17. The highest BCUT2D eigenvalue weighted by atomic mass is 16.5. The van der Waals surface area contributed by atoms with E-state index in [1.165, 1.54) is 19.2 Å². The second-order valence-electron chi connectivity index (χ2n) is 4.89. The Morgan fingerprint density at radius 3 is 2.55 bits per heavy atom. The summed E-state index contributed by atoms with van der Waals surface area (Å²) >= 11 is 0. The number of rotatable bonds is 11. The highest BCUT2D eigenvalue weighted by Gasteiger charge is 2.21. The summed E-state index contributed by atoms with van der Waals surface area (Å²) in [7, 11) is 1.43. The number of hydrogen-bond donors (Lipinski definition) is 2. The Labute approximate surface area is 129 Å². The van der Waals surface area contributed by atoms with Gasteiger partial charge in [-0.05, 0) is 31.0 Å². The normalized spacial score (nSPS) is 13.2. The maximum Gasteiger partial charge on any atom is 0.179 e. The minimum atomic E-state index is -1.01. The van der Waals surface area contributed by atoms with Crippen LogP contribution in [0.25, 0.3) is 0 Å². The van der Waals surface area contributed by atoms with Crippen molar-refractivity contribution in [2.24, 2.45) is 0 Å². The average Bonchev–Trinajstić information content (AvgIpc) is 2.56. The minimum absolute atomic E-state index is 0.115. The number of carbonyl (C=O) groups is 2. The Morgan fingerprint density at radius 1 is 1.18 bits per heavy atom. The Morgan fingerprint density at radius 2 is 1.95 bits per heavy atom. The molecule has 2 N–H and O–H groups in total. The molecule has 1 aromatic carbocycles. The third kappa shape index (κ3) is 5.46. The molecule has 0 spiro atoms. The largest absolute Gasteiger partial charge is 0.493 e. The van der Waals surface area contributed by atoms with Crippen molar-refractivity contribution in [3.63, 3.8) is 0 Å². The molecule has 0 fully saturated rings. The first-order valence-electron chi connectivity index (χ1n) is 7.20. The van der Waals surface area contributed by atoms with Gasteiger partial charge in [-0.15, -0.1) is 0 Å². The summed E-state index contributed by atoms with van der Waals surface area (Å²) in [4.78, 5) is 21.9. The van der Waals surface area contributed by atoms with Crippen molar-refractivity contribution in [3.8, 4) is 11.5 Å². The highest BCUT2D eigenvalue weighted by molar-refractivity contribution is 5.76. The molecule has 0 aliphatic heterocycles. The van der Waals surface area contributed by atoms with Gasteiger partial charge in [-0.25, -0.2) is 0 Å². The van der Waals surface area contributed by atoms with Crippen LogP contribution in [0.15, 0.2) is 18.2 Å². The smallest absolute Gasteiger partial charge is 0.179 e. The van der Waals surface area contributed by atoms with Gasteiger partial charge in [-0.2, -0.15) is 0 Å². The molecule has 122 valence electrons. The maximum absolute atomic E-state index is 11.1. The molecular formula is C16H22O6. The third-order valence-electron chi connectivity index (χ3n) is 3.26. The fourth-order valence-electron chi connectivity index (χ4n) is 2.00. The van der Waals surface area contributed by atoms with E-state index in [1.54, 1.807) is 6.07 Å². The number of hydrogen-bond acceptors (Lipinski definition) is 6. The molecule has 6 nitrogen and oxygen atoms in total. The summed E-state index contributed by atoms with van der Waals surface area (Å²) < 4.78 is 10.6. The van der Waals surface area contributed by atoms with Gasteiger partial charge in [0, 0.05) is 12.2 Å². The molecule has 0 aromatic heterocycles. The van der Waals surface area contributed by atoms with Crippen molar-refractivity contribution in [1.82, 2.24) is 0 Å². The van der Waals surface area contributed by atoms with E-state index in [4.69, 9.17) is 14.6 Å². The van der Waals surface area contributed by atoms with E-state index in [0.717, 1.165) is 6.42 Å². The van der Waals surface area contributed by atoms with E-state index in [2.05, 4.69) is 0 Å². The van der Waals surface area contributed by atoms with Crippen molar-refractivity contribution in [3.05, 3.63) is 23.8 Å². The topological polar surface area (TPSA) is 93.1 Å². The summed E-state index contributed by atoms with van der Waals surface area (Å²) in [5.74, 6) is 0.614. The van der Waals surface area contributed by atoms with Crippen LogP contribution in [0.2, 0.25) is 0 Å². The van der Waals surface area contributed by atoms with E-state index < -0.39 is 12.2 Å². The van der Waals surface area contributed by atoms with Crippen LogP contribution in [0.1, 0.15) is 36.0 Å². The predicted octanol–water partition coefficient (Wildman–Crippen LogP) is 1.37. The summed E-state index contributed by atoms with van der Waals surface area (Å²) in [6.45, 7) is 0.115. The van der Waals surface area contributed by atoms with Gasteiger partial charge in [-0.1, -0.05) is 12.8 Å². The molecule has 6 heteroatoms. The van der Waals surface area contributed by atoms with Crippen LogP contribution in [0.3, 0.4) is 0 Å². The van der Waals surface area contributed by atoms with Crippen LogP contribution in [0.5, 0.6) is 11.5 Å². The molecule has 0 saturated carbocycles. The maximum atomic E-state index is 11.1. The molecular weight excluding hydrogens is 288 g/mol. The van der Waals surface area contributed by atoms with Crippen molar-refractivity contribution in [2.75, 3.05) is 13.7 Å². The molecule has 1 rings (SSSR count). The molecule has 1 aromatic rings. The molecule has 22 heavy (non-hydrogen) atoms. The van der Waals surface area contributed by atoms with E-state index >= 15 is 0 Å². The van der Waals surface area contributed by atoms with Crippen molar-refractivity contribution in [1.29, 1.82) is 0 Å². The lowest BCUT2D eigenvalue weighted by Crippen LogP contribution is -2.33. The van der Waals surface area contributed by atoms with Gasteiger partial charge in [0.25, 0.3) is 0 Å². The first-order valence-corrected chi connectivity index (χ1v) is 7.20. The number of ether oxygens (including phenoxy) is 2. The summed E-state index contributed by atoms with van der Waals surface area (Å²) in [6.07, 6.45) is 1.81. The average molecular weight is 310 g/mol. The monoisotopic (exact) mass is 310 g/mol. The first-order chi connectivity index (χ1) is 10.7. The van der Waals surface area contributed by atoms with Gasteiger partial charge >= 0.3 is 0 Å². The fraction of sp³-hybridized carbons (Fsp3) is 0.500. The zero-order chi connectivity index (χ0) is 16.4. The van der Waals surface area contributed by atoms with E-state index in [9.17, 15) is 14.7 Å². The molecule has 0 bridgehead atoms. The van der Waals surface area contributed by atoms with Crippen LogP contribution in [0.4, 0.5) is 0 Å². The number of aliphatic hydroxyl groups excluding tert-OH is 2. The quantitative estimate of drug-likeness (QED) is 0.473. The number of unbranched alkanes of at least 4 members (excludes halogenated alkanes) is 2.